The molecule has 0 saturated heterocycles. The van der Waals surface area contributed by atoms with Gasteiger partial charge in [0.15, 0.2) is 0 Å². The zero-order chi connectivity index (χ0) is 12.3. The van der Waals surface area contributed by atoms with E-state index >= 15 is 0 Å². The number of nitrogens with zero attached hydrogens (tertiary/aromatic N) is 4. The van der Waals surface area contributed by atoms with E-state index in [1.54, 1.807) is 6.20 Å². The van der Waals surface area contributed by atoms with Crippen molar-refractivity contribution in [1.29, 1.82) is 0 Å². The first-order valence-electron chi connectivity index (χ1n) is 4.94. The van der Waals surface area contributed by atoms with Crippen LogP contribution in [0.1, 0.15) is 5.56 Å². The fourth-order valence-corrected chi connectivity index (χ4v) is 2.08. The van der Waals surface area contributed by atoms with E-state index in [1.165, 1.54) is 6.33 Å². The van der Waals surface area contributed by atoms with Crippen LogP contribution in [-0.2, 0) is 6.54 Å². The van der Waals surface area contributed by atoms with Crippen LogP contribution >= 0.6 is 27.5 Å². The number of hydrogen-bond acceptors (Lipinski definition) is 4. The molecule has 0 amide bonds. The molecule has 0 saturated carbocycles. The fourth-order valence-electron chi connectivity index (χ4n) is 1.45. The Morgan fingerprint density at radius 3 is 2.94 bits per heavy atom. The van der Waals surface area contributed by atoms with Crippen molar-refractivity contribution in [2.24, 2.45) is 0 Å². The van der Waals surface area contributed by atoms with Crippen LogP contribution in [0.25, 0.3) is 0 Å². The average molecular weight is 314 g/mol. The molecule has 0 fully saturated rings. The van der Waals surface area contributed by atoms with E-state index in [1.807, 2.05) is 30.3 Å². The van der Waals surface area contributed by atoms with Gasteiger partial charge in [-0.2, -0.15) is 0 Å². The van der Waals surface area contributed by atoms with E-state index in [0.29, 0.717) is 16.2 Å². The van der Waals surface area contributed by atoms with Gasteiger partial charge in [0.1, 0.15) is 17.3 Å². The molecule has 2 rings (SSSR count). The Morgan fingerprint density at radius 2 is 2.24 bits per heavy atom. The predicted molar refractivity (Wildman–Crippen MR) is 71.1 cm³/mol. The van der Waals surface area contributed by atoms with Gasteiger partial charge in [0.25, 0.3) is 0 Å². The third-order valence-electron chi connectivity index (χ3n) is 2.23. The quantitative estimate of drug-likeness (QED) is 0.817. The van der Waals surface area contributed by atoms with E-state index in [0.717, 1.165) is 11.4 Å². The second kappa shape index (κ2) is 5.42. The zero-order valence-electron chi connectivity index (χ0n) is 9.14. The van der Waals surface area contributed by atoms with Crippen molar-refractivity contribution in [2.45, 2.75) is 6.54 Å². The van der Waals surface area contributed by atoms with Gasteiger partial charge in [-0.3, -0.25) is 4.98 Å². The maximum absolute atomic E-state index is 5.92. The predicted octanol–water partition coefficient (Wildman–Crippen LogP) is 2.92. The molecule has 0 radical (unpaired) electrons. The number of rotatable bonds is 3. The molecule has 0 unspecified atom stereocenters. The summed E-state index contributed by atoms with van der Waals surface area (Å²) in [5.41, 5.74) is 1.11. The molecule has 0 bridgehead atoms. The lowest BCUT2D eigenvalue weighted by molar-refractivity contribution is 0.880. The lowest BCUT2D eigenvalue weighted by Gasteiger charge is -2.19. The normalized spacial score (nSPS) is 10.3. The van der Waals surface area contributed by atoms with E-state index in [-0.39, 0.29) is 0 Å². The first kappa shape index (κ1) is 12.3. The number of pyridine rings is 1. The maximum atomic E-state index is 5.92. The summed E-state index contributed by atoms with van der Waals surface area (Å²) in [6, 6.07) is 3.92. The summed E-state index contributed by atoms with van der Waals surface area (Å²) in [4.78, 5) is 14.2. The molecule has 0 aromatic carbocycles. The van der Waals surface area contributed by atoms with Crippen molar-refractivity contribution in [1.82, 2.24) is 15.0 Å². The van der Waals surface area contributed by atoms with Gasteiger partial charge in [-0.25, -0.2) is 9.97 Å². The van der Waals surface area contributed by atoms with Crippen LogP contribution in [0.2, 0.25) is 5.15 Å². The van der Waals surface area contributed by atoms with Gasteiger partial charge in [-0.05, 0) is 27.6 Å². The van der Waals surface area contributed by atoms with Gasteiger partial charge < -0.3 is 4.90 Å². The molecule has 88 valence electrons. The first-order valence-corrected chi connectivity index (χ1v) is 6.11. The van der Waals surface area contributed by atoms with Crippen molar-refractivity contribution < 1.29 is 0 Å². The highest BCUT2D eigenvalue weighted by Gasteiger charge is 2.11. The van der Waals surface area contributed by atoms with E-state index < -0.39 is 0 Å². The Bertz CT molecular complexity index is 506. The van der Waals surface area contributed by atoms with Crippen LogP contribution in [0.5, 0.6) is 0 Å². The number of hydrogen-bond donors (Lipinski definition) is 0. The number of halogens is 2. The van der Waals surface area contributed by atoms with Crippen LogP contribution in [0.3, 0.4) is 0 Å². The summed E-state index contributed by atoms with van der Waals surface area (Å²) in [5, 5.41) is 0.410. The monoisotopic (exact) mass is 312 g/mol. The van der Waals surface area contributed by atoms with Crippen LogP contribution in [0.15, 0.2) is 35.3 Å². The highest BCUT2D eigenvalue weighted by molar-refractivity contribution is 9.10. The minimum Gasteiger partial charge on any atom is -0.354 e. The Kier molecular flexibility index (Phi) is 3.91. The van der Waals surface area contributed by atoms with E-state index in [4.69, 9.17) is 11.6 Å². The molecule has 0 aliphatic carbocycles. The highest BCUT2D eigenvalue weighted by atomic mass is 79.9. The standard InChI is InChI=1S/C11H10BrClN4/c1-17(6-8-3-2-4-14-5-8)11-9(12)10(13)15-7-16-11/h2-5,7H,6H2,1H3. The van der Waals surface area contributed by atoms with Crippen molar-refractivity contribution in [3.63, 3.8) is 0 Å². The minimum absolute atomic E-state index is 0.410. The highest BCUT2D eigenvalue weighted by Crippen LogP contribution is 2.28. The Hall–Kier alpha value is -1.20. The lowest BCUT2D eigenvalue weighted by Crippen LogP contribution is -2.18. The molecule has 6 heteroatoms. The largest absolute Gasteiger partial charge is 0.354 e. The molecular formula is C11H10BrClN4. The van der Waals surface area contributed by atoms with Crippen LogP contribution in [-0.4, -0.2) is 22.0 Å². The van der Waals surface area contributed by atoms with Gasteiger partial charge in [-0.15, -0.1) is 0 Å². The van der Waals surface area contributed by atoms with Gasteiger partial charge in [0.2, 0.25) is 0 Å². The molecule has 0 atom stereocenters. The zero-order valence-corrected chi connectivity index (χ0v) is 11.5. The average Bonchev–Trinajstić information content (AvgIpc) is 2.34. The summed E-state index contributed by atoms with van der Waals surface area (Å²) in [5.74, 6) is 0.758. The third kappa shape index (κ3) is 2.92. The van der Waals surface area contributed by atoms with Crippen molar-refractivity contribution in [2.75, 3.05) is 11.9 Å². The first-order chi connectivity index (χ1) is 8.18. The number of anilines is 1. The van der Waals surface area contributed by atoms with Crippen molar-refractivity contribution in [3.8, 4) is 0 Å². The molecule has 0 aliphatic rings. The maximum Gasteiger partial charge on any atom is 0.148 e. The lowest BCUT2D eigenvalue weighted by atomic mass is 10.3. The smallest absolute Gasteiger partial charge is 0.148 e. The second-order valence-corrected chi connectivity index (χ2v) is 4.67. The van der Waals surface area contributed by atoms with E-state index in [9.17, 15) is 0 Å². The molecule has 17 heavy (non-hydrogen) atoms. The molecule has 2 aromatic rings. The third-order valence-corrected chi connectivity index (χ3v) is 3.48. The summed E-state index contributed by atoms with van der Waals surface area (Å²) >= 11 is 9.30. The van der Waals surface area contributed by atoms with Gasteiger partial charge in [0.05, 0.1) is 4.47 Å². The van der Waals surface area contributed by atoms with Crippen molar-refractivity contribution in [3.05, 3.63) is 46.0 Å². The second-order valence-electron chi connectivity index (χ2n) is 3.52. The Labute approximate surface area is 113 Å². The molecule has 0 spiro atoms. The van der Waals surface area contributed by atoms with Gasteiger partial charge >= 0.3 is 0 Å². The van der Waals surface area contributed by atoms with Gasteiger partial charge in [0, 0.05) is 26.0 Å². The van der Waals surface area contributed by atoms with Gasteiger partial charge in [-0.1, -0.05) is 17.7 Å². The molecule has 2 heterocycles. The van der Waals surface area contributed by atoms with Crippen molar-refractivity contribution >= 4 is 33.3 Å². The van der Waals surface area contributed by atoms with E-state index in [2.05, 4.69) is 30.9 Å². The minimum atomic E-state index is 0.410. The molecule has 0 aliphatic heterocycles. The summed E-state index contributed by atoms with van der Waals surface area (Å²) in [6.07, 6.45) is 5.02. The number of aromatic nitrogens is 3. The molecular weight excluding hydrogens is 304 g/mol. The summed E-state index contributed by atoms with van der Waals surface area (Å²) in [6.45, 7) is 0.708. The SMILES string of the molecule is CN(Cc1cccnc1)c1ncnc(Cl)c1Br. The Balaban J connectivity index is 2.20. The summed E-state index contributed by atoms with van der Waals surface area (Å²) < 4.78 is 0.702. The molecule has 2 aromatic heterocycles. The van der Waals surface area contributed by atoms with Crippen LogP contribution < -0.4 is 4.90 Å². The van der Waals surface area contributed by atoms with Crippen LogP contribution in [0, 0.1) is 0 Å². The topological polar surface area (TPSA) is 41.9 Å². The fraction of sp³-hybridized carbons (Fsp3) is 0.182. The van der Waals surface area contributed by atoms with Crippen LogP contribution in [0.4, 0.5) is 5.82 Å². The Morgan fingerprint density at radius 1 is 1.41 bits per heavy atom. The molecule has 4 nitrogen and oxygen atoms in total. The summed E-state index contributed by atoms with van der Waals surface area (Å²) in [7, 11) is 1.94. The molecule has 0 N–H and O–H groups in total.